The van der Waals surface area contributed by atoms with Gasteiger partial charge in [-0.2, -0.15) is 0 Å². The zero-order valence-corrected chi connectivity index (χ0v) is 8.01. The zero-order valence-electron chi connectivity index (χ0n) is 8.01. The number of aliphatic carboxylic acids is 1. The van der Waals surface area contributed by atoms with Crippen molar-refractivity contribution in [3.05, 3.63) is 34.4 Å². The monoisotopic (exact) mass is 210 g/mol. The Labute approximate surface area is 85.7 Å². The van der Waals surface area contributed by atoms with Crippen molar-refractivity contribution >= 4 is 17.3 Å². The van der Waals surface area contributed by atoms with E-state index >= 15 is 0 Å². The number of hydrogen-bond acceptors (Lipinski definition) is 4. The quantitative estimate of drug-likeness (QED) is 0.580. The van der Waals surface area contributed by atoms with E-state index in [4.69, 9.17) is 5.11 Å². The number of nitro groups is 1. The van der Waals surface area contributed by atoms with Crippen molar-refractivity contribution in [2.45, 2.75) is 13.0 Å². The summed E-state index contributed by atoms with van der Waals surface area (Å²) in [4.78, 5) is 20.6. The van der Waals surface area contributed by atoms with Gasteiger partial charge in [-0.15, -0.1) is 0 Å². The van der Waals surface area contributed by atoms with Crippen LogP contribution < -0.4 is 5.32 Å². The van der Waals surface area contributed by atoms with Gasteiger partial charge in [0.2, 0.25) is 0 Å². The highest BCUT2D eigenvalue weighted by Gasteiger charge is 2.17. The predicted octanol–water partition coefficient (Wildman–Crippen LogP) is 1.48. The minimum absolute atomic E-state index is 0.134. The van der Waals surface area contributed by atoms with E-state index in [1.54, 1.807) is 6.07 Å². The Morgan fingerprint density at radius 1 is 1.53 bits per heavy atom. The number of hydrogen-bond donors (Lipinski definition) is 2. The first-order chi connectivity index (χ1) is 7.02. The summed E-state index contributed by atoms with van der Waals surface area (Å²) in [7, 11) is 0. The number of carboxylic acid groups (broad SMARTS) is 1. The predicted molar refractivity (Wildman–Crippen MR) is 53.8 cm³/mol. The van der Waals surface area contributed by atoms with E-state index in [1.807, 2.05) is 0 Å². The van der Waals surface area contributed by atoms with Crippen LogP contribution in [-0.4, -0.2) is 22.0 Å². The second-order valence-electron chi connectivity index (χ2n) is 2.98. The first kappa shape index (κ1) is 11.0. The van der Waals surface area contributed by atoms with Gasteiger partial charge in [0.1, 0.15) is 11.7 Å². The molecule has 1 aromatic carbocycles. The molecule has 1 rings (SSSR count). The molecule has 0 bridgehead atoms. The number of para-hydroxylation sites is 2. The van der Waals surface area contributed by atoms with Gasteiger partial charge in [-0.3, -0.25) is 14.9 Å². The summed E-state index contributed by atoms with van der Waals surface area (Å²) < 4.78 is 0. The van der Waals surface area contributed by atoms with Crippen molar-refractivity contribution in [3.63, 3.8) is 0 Å². The molecule has 0 heterocycles. The Morgan fingerprint density at radius 3 is 2.67 bits per heavy atom. The molecular formula is C9H10N2O4. The summed E-state index contributed by atoms with van der Waals surface area (Å²) in [5.74, 6) is -1.06. The van der Waals surface area contributed by atoms with Gasteiger partial charge in [-0.25, -0.2) is 0 Å². The van der Waals surface area contributed by atoms with Crippen LogP contribution in [0.2, 0.25) is 0 Å². The van der Waals surface area contributed by atoms with Gasteiger partial charge < -0.3 is 10.4 Å². The maximum atomic E-state index is 10.6. The summed E-state index contributed by atoms with van der Waals surface area (Å²) >= 11 is 0. The molecule has 2 N–H and O–H groups in total. The van der Waals surface area contributed by atoms with Gasteiger partial charge in [0.15, 0.2) is 0 Å². The maximum Gasteiger partial charge on any atom is 0.325 e. The molecule has 0 aromatic heterocycles. The highest BCUT2D eigenvalue weighted by molar-refractivity contribution is 5.78. The molecule has 0 fully saturated rings. The zero-order chi connectivity index (χ0) is 11.4. The molecule has 0 unspecified atom stereocenters. The number of rotatable bonds is 4. The van der Waals surface area contributed by atoms with Crippen LogP contribution in [0.25, 0.3) is 0 Å². The average molecular weight is 210 g/mol. The summed E-state index contributed by atoms with van der Waals surface area (Å²) in [6, 6.07) is 5.04. The molecule has 80 valence electrons. The van der Waals surface area contributed by atoms with Gasteiger partial charge in [0, 0.05) is 6.07 Å². The SMILES string of the molecule is C[C@H](Nc1ccccc1[N+](=O)[O-])C(=O)O. The number of anilines is 1. The first-order valence-corrected chi connectivity index (χ1v) is 4.25. The van der Waals surface area contributed by atoms with Crippen molar-refractivity contribution in [2.75, 3.05) is 5.32 Å². The summed E-state index contributed by atoms with van der Waals surface area (Å²) in [6.07, 6.45) is 0. The van der Waals surface area contributed by atoms with E-state index < -0.39 is 16.9 Å². The van der Waals surface area contributed by atoms with Gasteiger partial charge >= 0.3 is 5.97 Å². The van der Waals surface area contributed by atoms with Gasteiger partial charge in [-0.05, 0) is 13.0 Å². The number of benzene rings is 1. The van der Waals surface area contributed by atoms with E-state index in [0.29, 0.717) is 0 Å². The molecule has 1 atom stereocenters. The number of carbonyl (C=O) groups is 1. The normalized spacial score (nSPS) is 11.8. The Morgan fingerprint density at radius 2 is 2.13 bits per heavy atom. The van der Waals surface area contributed by atoms with Crippen LogP contribution in [0, 0.1) is 10.1 Å². The molecule has 0 aliphatic heterocycles. The number of carboxylic acids is 1. The summed E-state index contributed by atoms with van der Waals surface area (Å²) in [5.41, 5.74) is 0.0722. The van der Waals surface area contributed by atoms with Gasteiger partial charge in [-0.1, -0.05) is 12.1 Å². The second-order valence-corrected chi connectivity index (χ2v) is 2.98. The van der Waals surface area contributed by atoms with Crippen molar-refractivity contribution in [1.29, 1.82) is 0 Å². The van der Waals surface area contributed by atoms with Crippen LogP contribution in [-0.2, 0) is 4.79 Å². The highest BCUT2D eigenvalue weighted by Crippen LogP contribution is 2.23. The Bertz CT molecular complexity index is 391. The molecule has 0 aliphatic carbocycles. The van der Waals surface area contributed by atoms with Crippen molar-refractivity contribution < 1.29 is 14.8 Å². The largest absolute Gasteiger partial charge is 0.480 e. The van der Waals surface area contributed by atoms with E-state index in [1.165, 1.54) is 25.1 Å². The van der Waals surface area contributed by atoms with E-state index in [-0.39, 0.29) is 11.4 Å². The van der Waals surface area contributed by atoms with Crippen LogP contribution >= 0.6 is 0 Å². The molecule has 6 heteroatoms. The number of nitro benzene ring substituents is 1. The fraction of sp³-hybridized carbons (Fsp3) is 0.222. The molecule has 15 heavy (non-hydrogen) atoms. The molecular weight excluding hydrogens is 200 g/mol. The van der Waals surface area contributed by atoms with Crippen molar-refractivity contribution in [3.8, 4) is 0 Å². The molecule has 0 radical (unpaired) electrons. The molecule has 0 aliphatic rings. The molecule has 0 amide bonds. The lowest BCUT2D eigenvalue weighted by Crippen LogP contribution is -2.25. The van der Waals surface area contributed by atoms with Crippen molar-refractivity contribution in [1.82, 2.24) is 0 Å². The van der Waals surface area contributed by atoms with E-state index in [9.17, 15) is 14.9 Å². The van der Waals surface area contributed by atoms with Crippen LogP contribution in [0.4, 0.5) is 11.4 Å². The first-order valence-electron chi connectivity index (χ1n) is 4.25. The maximum absolute atomic E-state index is 10.6. The van der Waals surface area contributed by atoms with Crippen LogP contribution in [0.5, 0.6) is 0 Å². The smallest absolute Gasteiger partial charge is 0.325 e. The second kappa shape index (κ2) is 4.41. The van der Waals surface area contributed by atoms with Crippen molar-refractivity contribution in [2.24, 2.45) is 0 Å². The Hall–Kier alpha value is -2.11. The number of nitrogens with one attached hydrogen (secondary N) is 1. The fourth-order valence-corrected chi connectivity index (χ4v) is 1.05. The van der Waals surface area contributed by atoms with E-state index in [0.717, 1.165) is 0 Å². The average Bonchev–Trinajstić information content (AvgIpc) is 2.18. The van der Waals surface area contributed by atoms with Crippen LogP contribution in [0.3, 0.4) is 0 Å². The molecule has 6 nitrogen and oxygen atoms in total. The molecule has 0 spiro atoms. The molecule has 0 saturated carbocycles. The Balaban J connectivity index is 2.94. The molecule has 0 saturated heterocycles. The third kappa shape index (κ3) is 2.67. The lowest BCUT2D eigenvalue weighted by molar-refractivity contribution is -0.384. The third-order valence-electron chi connectivity index (χ3n) is 1.84. The minimum atomic E-state index is -1.06. The van der Waals surface area contributed by atoms with Crippen LogP contribution in [0.15, 0.2) is 24.3 Å². The van der Waals surface area contributed by atoms with E-state index in [2.05, 4.69) is 5.32 Å². The fourth-order valence-electron chi connectivity index (χ4n) is 1.05. The molecule has 1 aromatic rings. The third-order valence-corrected chi connectivity index (χ3v) is 1.84. The van der Waals surface area contributed by atoms with Crippen LogP contribution in [0.1, 0.15) is 6.92 Å². The van der Waals surface area contributed by atoms with Gasteiger partial charge in [0.05, 0.1) is 4.92 Å². The standard InChI is InChI=1S/C9H10N2O4/c1-6(9(12)13)10-7-4-2-3-5-8(7)11(14)15/h2-6,10H,1H3,(H,12,13)/t6-/m0/s1. The summed E-state index contributed by atoms with van der Waals surface area (Å²) in [6.45, 7) is 1.42. The van der Waals surface area contributed by atoms with Gasteiger partial charge in [0.25, 0.3) is 5.69 Å². The minimum Gasteiger partial charge on any atom is -0.480 e. The lowest BCUT2D eigenvalue weighted by Gasteiger charge is -2.10. The lowest BCUT2D eigenvalue weighted by atomic mass is 10.2. The summed E-state index contributed by atoms with van der Waals surface area (Å²) in [5, 5.41) is 21.8. The topological polar surface area (TPSA) is 92.5 Å². The number of nitrogens with zero attached hydrogens (tertiary/aromatic N) is 1. The Kier molecular flexibility index (Phi) is 3.22. The highest BCUT2D eigenvalue weighted by atomic mass is 16.6.